The molecule has 2 aromatic rings. The van der Waals surface area contributed by atoms with Gasteiger partial charge in [-0.05, 0) is 30.9 Å². The third kappa shape index (κ3) is 3.04. The summed E-state index contributed by atoms with van der Waals surface area (Å²) in [6.45, 7) is 5.55. The Balaban J connectivity index is 1.60. The van der Waals surface area contributed by atoms with E-state index in [4.69, 9.17) is 0 Å². The molecule has 0 bridgehead atoms. The molecule has 100 valence electrons. The van der Waals surface area contributed by atoms with Crippen LogP contribution >= 0.6 is 11.3 Å². The summed E-state index contributed by atoms with van der Waals surface area (Å²) in [6.07, 6.45) is 2.33. The summed E-state index contributed by atoms with van der Waals surface area (Å²) in [4.78, 5) is 7.20. The Morgan fingerprint density at radius 1 is 1.32 bits per heavy atom. The lowest BCUT2D eigenvalue weighted by Crippen LogP contribution is -2.20. The summed E-state index contributed by atoms with van der Waals surface area (Å²) in [5, 5.41) is 3.48. The first-order valence-corrected chi connectivity index (χ1v) is 7.93. The highest BCUT2D eigenvalue weighted by Crippen LogP contribution is 2.28. The van der Waals surface area contributed by atoms with E-state index in [1.54, 1.807) is 11.3 Å². The van der Waals surface area contributed by atoms with E-state index in [1.165, 1.54) is 35.8 Å². The molecule has 0 N–H and O–H groups in total. The summed E-state index contributed by atoms with van der Waals surface area (Å²) in [5.74, 6) is 0.700. The number of benzene rings is 1. The van der Waals surface area contributed by atoms with E-state index in [0.717, 1.165) is 13.0 Å². The fourth-order valence-corrected chi connectivity index (χ4v) is 3.52. The van der Waals surface area contributed by atoms with Crippen LogP contribution in [-0.2, 0) is 13.0 Å². The Morgan fingerprint density at radius 2 is 2.16 bits per heavy atom. The van der Waals surface area contributed by atoms with Crippen molar-refractivity contribution in [3.05, 3.63) is 52.0 Å². The number of aryl methyl sites for hydroxylation is 1. The minimum Gasteiger partial charge on any atom is -0.297 e. The minimum absolute atomic E-state index is 0.700. The van der Waals surface area contributed by atoms with Gasteiger partial charge in [0.1, 0.15) is 0 Å². The van der Waals surface area contributed by atoms with Gasteiger partial charge in [0.05, 0.1) is 10.7 Å². The van der Waals surface area contributed by atoms with Crippen LogP contribution in [0.15, 0.2) is 35.7 Å². The number of hydrogen-bond acceptors (Lipinski definition) is 3. The maximum Gasteiger partial charge on any atom is 0.0926 e. The third-order valence-electron chi connectivity index (χ3n) is 3.83. The van der Waals surface area contributed by atoms with Crippen LogP contribution in [0.2, 0.25) is 0 Å². The molecule has 1 fully saturated rings. The van der Waals surface area contributed by atoms with Crippen molar-refractivity contribution in [2.45, 2.75) is 32.2 Å². The molecule has 0 saturated carbocycles. The summed E-state index contributed by atoms with van der Waals surface area (Å²) in [6, 6.07) is 10.9. The molecule has 1 saturated heterocycles. The number of rotatable bonds is 4. The summed E-state index contributed by atoms with van der Waals surface area (Å²) in [7, 11) is 0. The molecule has 2 heterocycles. The molecule has 3 rings (SSSR count). The Morgan fingerprint density at radius 3 is 2.89 bits per heavy atom. The Kier molecular flexibility index (Phi) is 3.95. The zero-order valence-electron chi connectivity index (χ0n) is 11.4. The van der Waals surface area contributed by atoms with Crippen LogP contribution in [0.25, 0.3) is 0 Å². The largest absolute Gasteiger partial charge is 0.297 e. The smallest absolute Gasteiger partial charge is 0.0926 e. The lowest BCUT2D eigenvalue weighted by Gasteiger charge is -2.14. The van der Waals surface area contributed by atoms with Gasteiger partial charge >= 0.3 is 0 Å². The molecule has 3 heteroatoms. The van der Waals surface area contributed by atoms with Gasteiger partial charge in [0.25, 0.3) is 0 Å². The molecule has 0 amide bonds. The van der Waals surface area contributed by atoms with Gasteiger partial charge in [-0.25, -0.2) is 4.98 Å². The van der Waals surface area contributed by atoms with E-state index in [-0.39, 0.29) is 0 Å². The van der Waals surface area contributed by atoms with E-state index in [1.807, 2.05) is 0 Å². The molecule has 1 atom stereocenters. The summed E-state index contributed by atoms with van der Waals surface area (Å²) in [5.41, 5.74) is 2.73. The van der Waals surface area contributed by atoms with Crippen LogP contribution in [0.1, 0.15) is 35.5 Å². The number of nitrogens with zero attached hydrogens (tertiary/aromatic N) is 2. The molecule has 0 radical (unpaired) electrons. The highest BCUT2D eigenvalue weighted by atomic mass is 32.1. The first-order valence-electron chi connectivity index (χ1n) is 7.05. The third-order valence-corrected chi connectivity index (χ3v) is 4.87. The monoisotopic (exact) mass is 272 g/mol. The number of likely N-dealkylation sites (tertiary alicyclic amines) is 1. The summed E-state index contributed by atoms with van der Waals surface area (Å²) >= 11 is 1.79. The Labute approximate surface area is 119 Å². The molecule has 1 aromatic carbocycles. The second kappa shape index (κ2) is 5.85. The topological polar surface area (TPSA) is 16.1 Å². The van der Waals surface area contributed by atoms with E-state index < -0.39 is 0 Å². The van der Waals surface area contributed by atoms with Crippen LogP contribution in [0.3, 0.4) is 0 Å². The first-order chi connectivity index (χ1) is 9.35. The average Bonchev–Trinajstić information content (AvgIpc) is 3.09. The molecule has 0 unspecified atom stereocenters. The molecular weight excluding hydrogens is 252 g/mol. The molecule has 1 aliphatic rings. The van der Waals surface area contributed by atoms with Crippen molar-refractivity contribution in [1.29, 1.82) is 0 Å². The van der Waals surface area contributed by atoms with Crippen molar-refractivity contribution in [1.82, 2.24) is 9.88 Å². The SMILES string of the molecule is CCc1nc(CN2CC[C@@H](c3ccccc3)C2)cs1. The van der Waals surface area contributed by atoms with Gasteiger partial charge in [-0.15, -0.1) is 11.3 Å². The van der Waals surface area contributed by atoms with Gasteiger partial charge < -0.3 is 0 Å². The van der Waals surface area contributed by atoms with Crippen LogP contribution in [-0.4, -0.2) is 23.0 Å². The van der Waals surface area contributed by atoms with Gasteiger partial charge in [-0.3, -0.25) is 4.90 Å². The maximum absolute atomic E-state index is 4.67. The second-order valence-corrected chi connectivity index (χ2v) is 6.16. The highest BCUT2D eigenvalue weighted by Gasteiger charge is 2.24. The van der Waals surface area contributed by atoms with E-state index in [2.05, 4.69) is 52.5 Å². The van der Waals surface area contributed by atoms with Gasteiger partial charge in [0.2, 0.25) is 0 Å². The molecule has 1 aromatic heterocycles. The minimum atomic E-state index is 0.700. The van der Waals surface area contributed by atoms with Crippen LogP contribution in [0.5, 0.6) is 0 Å². The van der Waals surface area contributed by atoms with Gasteiger partial charge in [-0.2, -0.15) is 0 Å². The van der Waals surface area contributed by atoms with Gasteiger partial charge in [0, 0.05) is 18.5 Å². The maximum atomic E-state index is 4.67. The molecular formula is C16H20N2S. The Bertz CT molecular complexity index is 521. The van der Waals surface area contributed by atoms with Crippen molar-refractivity contribution in [3.63, 3.8) is 0 Å². The van der Waals surface area contributed by atoms with Crippen molar-refractivity contribution in [3.8, 4) is 0 Å². The van der Waals surface area contributed by atoms with E-state index in [9.17, 15) is 0 Å². The van der Waals surface area contributed by atoms with Crippen LogP contribution in [0, 0.1) is 0 Å². The van der Waals surface area contributed by atoms with E-state index in [0.29, 0.717) is 5.92 Å². The quantitative estimate of drug-likeness (QED) is 0.843. The zero-order chi connectivity index (χ0) is 13.1. The predicted octanol–water partition coefficient (Wildman–Crippen LogP) is 3.70. The Hall–Kier alpha value is -1.19. The normalized spacial score (nSPS) is 19.9. The lowest BCUT2D eigenvalue weighted by atomic mass is 9.99. The summed E-state index contributed by atoms with van der Waals surface area (Å²) < 4.78 is 0. The van der Waals surface area contributed by atoms with Crippen molar-refractivity contribution in [2.24, 2.45) is 0 Å². The highest BCUT2D eigenvalue weighted by molar-refractivity contribution is 7.09. The average molecular weight is 272 g/mol. The van der Waals surface area contributed by atoms with Crippen molar-refractivity contribution in [2.75, 3.05) is 13.1 Å². The molecule has 2 nitrogen and oxygen atoms in total. The van der Waals surface area contributed by atoms with Crippen molar-refractivity contribution >= 4 is 11.3 Å². The molecule has 19 heavy (non-hydrogen) atoms. The second-order valence-electron chi connectivity index (χ2n) is 5.22. The van der Waals surface area contributed by atoms with Gasteiger partial charge in [-0.1, -0.05) is 37.3 Å². The number of hydrogen-bond donors (Lipinski definition) is 0. The predicted molar refractivity (Wildman–Crippen MR) is 80.6 cm³/mol. The fraction of sp³-hybridized carbons (Fsp3) is 0.438. The molecule has 0 aliphatic carbocycles. The zero-order valence-corrected chi connectivity index (χ0v) is 12.2. The lowest BCUT2D eigenvalue weighted by molar-refractivity contribution is 0.323. The van der Waals surface area contributed by atoms with Crippen molar-refractivity contribution < 1.29 is 0 Å². The number of thiazole rings is 1. The van der Waals surface area contributed by atoms with E-state index >= 15 is 0 Å². The van der Waals surface area contributed by atoms with Gasteiger partial charge in [0.15, 0.2) is 0 Å². The standard InChI is InChI=1S/C16H20N2S/c1-2-16-17-15(12-19-16)11-18-9-8-14(10-18)13-6-4-3-5-7-13/h3-7,12,14H,2,8-11H2,1H3/t14-/m1/s1. The number of aromatic nitrogens is 1. The van der Waals surface area contributed by atoms with Crippen LogP contribution < -0.4 is 0 Å². The first kappa shape index (κ1) is 12.8. The molecule has 0 spiro atoms. The van der Waals surface area contributed by atoms with Crippen LogP contribution in [0.4, 0.5) is 0 Å². The molecule has 1 aliphatic heterocycles. The fourth-order valence-electron chi connectivity index (χ4n) is 2.79.